The highest BCUT2D eigenvalue weighted by atomic mass is 32.2. The van der Waals surface area contributed by atoms with Crippen molar-refractivity contribution in [2.45, 2.75) is 39.2 Å². The van der Waals surface area contributed by atoms with Crippen LogP contribution in [0.5, 0.6) is 0 Å². The molecule has 18 heavy (non-hydrogen) atoms. The van der Waals surface area contributed by atoms with Gasteiger partial charge >= 0.3 is 0 Å². The van der Waals surface area contributed by atoms with Crippen molar-refractivity contribution < 1.29 is 8.42 Å². The lowest BCUT2D eigenvalue weighted by molar-refractivity contribution is 0.208. The van der Waals surface area contributed by atoms with Gasteiger partial charge in [-0.05, 0) is 25.2 Å². The summed E-state index contributed by atoms with van der Waals surface area (Å²) in [5, 5.41) is 3.16. The fourth-order valence-electron chi connectivity index (χ4n) is 2.55. The van der Waals surface area contributed by atoms with Crippen molar-refractivity contribution in [1.82, 2.24) is 13.9 Å². The molecule has 0 saturated carbocycles. The molecular formula is C12H25N3O2S. The molecule has 106 valence electrons. The molecule has 0 amide bonds. The smallest absolute Gasteiger partial charge is 0.282 e. The largest absolute Gasteiger partial charge is 0.313 e. The predicted octanol–water partition coefficient (Wildman–Crippen LogP) is 0.647. The Morgan fingerprint density at radius 3 is 2.33 bits per heavy atom. The molecule has 0 spiro atoms. The first-order chi connectivity index (χ1) is 8.55. The monoisotopic (exact) mass is 275 g/mol. The van der Waals surface area contributed by atoms with Crippen LogP contribution in [0.25, 0.3) is 0 Å². The summed E-state index contributed by atoms with van der Waals surface area (Å²) in [7, 11) is -3.24. The van der Waals surface area contributed by atoms with E-state index in [1.807, 2.05) is 6.92 Å². The summed E-state index contributed by atoms with van der Waals surface area (Å²) in [6, 6.07) is 0.161. The second-order valence-electron chi connectivity index (χ2n) is 5.51. The quantitative estimate of drug-likeness (QED) is 0.801. The van der Waals surface area contributed by atoms with E-state index >= 15 is 0 Å². The van der Waals surface area contributed by atoms with Crippen molar-refractivity contribution in [3.8, 4) is 0 Å². The lowest BCUT2D eigenvalue weighted by Crippen LogP contribution is -2.61. The van der Waals surface area contributed by atoms with Gasteiger partial charge in [-0.15, -0.1) is 0 Å². The van der Waals surface area contributed by atoms with E-state index in [0.717, 1.165) is 32.4 Å². The zero-order valence-electron chi connectivity index (χ0n) is 11.4. The zero-order chi connectivity index (χ0) is 13.2. The van der Waals surface area contributed by atoms with Crippen LogP contribution < -0.4 is 5.32 Å². The summed E-state index contributed by atoms with van der Waals surface area (Å²) in [4.78, 5) is 0. The minimum absolute atomic E-state index is 0.161. The van der Waals surface area contributed by atoms with Gasteiger partial charge in [-0.3, -0.25) is 0 Å². The average molecular weight is 275 g/mol. The van der Waals surface area contributed by atoms with Gasteiger partial charge in [0.1, 0.15) is 0 Å². The Morgan fingerprint density at radius 2 is 1.89 bits per heavy atom. The number of rotatable bonds is 5. The minimum Gasteiger partial charge on any atom is -0.313 e. The topological polar surface area (TPSA) is 52.7 Å². The van der Waals surface area contributed by atoms with Crippen molar-refractivity contribution in [2.75, 3.05) is 32.7 Å². The third-order valence-electron chi connectivity index (χ3n) is 3.98. The van der Waals surface area contributed by atoms with Gasteiger partial charge in [-0.25, -0.2) is 0 Å². The molecule has 2 aliphatic heterocycles. The zero-order valence-corrected chi connectivity index (χ0v) is 12.2. The molecule has 2 saturated heterocycles. The molecule has 2 fully saturated rings. The molecule has 0 radical (unpaired) electrons. The summed E-state index contributed by atoms with van der Waals surface area (Å²) >= 11 is 0. The SMILES string of the molecule is CCCN(C1CNC1)S(=O)(=O)N1CCC(C)CC1. The highest BCUT2D eigenvalue weighted by Crippen LogP contribution is 2.23. The third kappa shape index (κ3) is 2.87. The molecule has 6 heteroatoms. The van der Waals surface area contributed by atoms with Gasteiger partial charge in [0, 0.05) is 32.7 Å². The molecular weight excluding hydrogens is 250 g/mol. The molecule has 0 aromatic carbocycles. The van der Waals surface area contributed by atoms with Crippen molar-refractivity contribution in [2.24, 2.45) is 5.92 Å². The van der Waals surface area contributed by atoms with Gasteiger partial charge in [0.25, 0.3) is 10.2 Å². The maximum Gasteiger partial charge on any atom is 0.282 e. The minimum atomic E-state index is -3.24. The van der Waals surface area contributed by atoms with Crippen LogP contribution in [0.15, 0.2) is 0 Å². The molecule has 2 aliphatic rings. The molecule has 0 unspecified atom stereocenters. The highest BCUT2D eigenvalue weighted by Gasteiger charge is 2.37. The van der Waals surface area contributed by atoms with E-state index in [1.165, 1.54) is 0 Å². The normalized spacial score (nSPS) is 24.4. The van der Waals surface area contributed by atoms with Crippen LogP contribution in [0.1, 0.15) is 33.1 Å². The van der Waals surface area contributed by atoms with Gasteiger partial charge in [-0.2, -0.15) is 17.0 Å². The number of piperidine rings is 1. The summed E-state index contributed by atoms with van der Waals surface area (Å²) in [6.07, 6.45) is 2.85. The van der Waals surface area contributed by atoms with Crippen molar-refractivity contribution in [3.63, 3.8) is 0 Å². The molecule has 0 bridgehead atoms. The predicted molar refractivity (Wildman–Crippen MR) is 72.5 cm³/mol. The second kappa shape index (κ2) is 5.86. The average Bonchev–Trinajstić information content (AvgIpc) is 2.26. The van der Waals surface area contributed by atoms with Crippen LogP contribution >= 0.6 is 0 Å². The standard InChI is InChI=1S/C12H25N3O2S/c1-3-6-15(12-9-13-10-12)18(16,17)14-7-4-11(2)5-8-14/h11-13H,3-10H2,1-2H3. The molecule has 0 aromatic heterocycles. The fourth-order valence-corrected chi connectivity index (χ4v) is 4.46. The van der Waals surface area contributed by atoms with E-state index < -0.39 is 10.2 Å². The van der Waals surface area contributed by atoms with Crippen molar-refractivity contribution in [3.05, 3.63) is 0 Å². The van der Waals surface area contributed by atoms with E-state index in [1.54, 1.807) is 8.61 Å². The number of nitrogens with one attached hydrogen (secondary N) is 1. The first kappa shape index (κ1) is 14.2. The van der Waals surface area contributed by atoms with E-state index in [4.69, 9.17) is 0 Å². The number of hydrogen-bond acceptors (Lipinski definition) is 3. The molecule has 1 N–H and O–H groups in total. The Hall–Kier alpha value is -0.170. The maximum atomic E-state index is 12.6. The van der Waals surface area contributed by atoms with E-state index in [0.29, 0.717) is 25.6 Å². The Labute approximate surface area is 111 Å². The van der Waals surface area contributed by atoms with E-state index in [9.17, 15) is 8.42 Å². The fraction of sp³-hybridized carbons (Fsp3) is 1.00. The number of nitrogens with zero attached hydrogens (tertiary/aromatic N) is 2. The Bertz CT molecular complexity index is 360. The summed E-state index contributed by atoms with van der Waals surface area (Å²) in [5.41, 5.74) is 0. The van der Waals surface area contributed by atoms with Gasteiger partial charge in [0.2, 0.25) is 0 Å². The summed E-state index contributed by atoms with van der Waals surface area (Å²) < 4.78 is 28.7. The molecule has 0 atom stereocenters. The maximum absolute atomic E-state index is 12.6. The van der Waals surface area contributed by atoms with Gasteiger partial charge < -0.3 is 5.32 Å². The van der Waals surface area contributed by atoms with Crippen molar-refractivity contribution >= 4 is 10.2 Å². The number of hydrogen-bond donors (Lipinski definition) is 1. The van der Waals surface area contributed by atoms with E-state index in [-0.39, 0.29) is 6.04 Å². The van der Waals surface area contributed by atoms with Gasteiger partial charge in [-0.1, -0.05) is 13.8 Å². The molecule has 2 heterocycles. The Balaban J connectivity index is 2.06. The molecule has 5 nitrogen and oxygen atoms in total. The van der Waals surface area contributed by atoms with Crippen LogP contribution in [-0.2, 0) is 10.2 Å². The molecule has 2 rings (SSSR count). The first-order valence-corrected chi connectivity index (χ1v) is 8.43. The van der Waals surface area contributed by atoms with Gasteiger partial charge in [0.05, 0.1) is 6.04 Å². The lowest BCUT2D eigenvalue weighted by Gasteiger charge is -2.41. The molecule has 0 aliphatic carbocycles. The molecule has 0 aromatic rings. The van der Waals surface area contributed by atoms with Crippen LogP contribution in [0.3, 0.4) is 0 Å². The lowest BCUT2D eigenvalue weighted by atomic mass is 10.0. The van der Waals surface area contributed by atoms with E-state index in [2.05, 4.69) is 12.2 Å². The van der Waals surface area contributed by atoms with Crippen LogP contribution in [0.4, 0.5) is 0 Å². The summed E-state index contributed by atoms with van der Waals surface area (Å²) in [6.45, 7) is 7.83. The van der Waals surface area contributed by atoms with Crippen molar-refractivity contribution in [1.29, 1.82) is 0 Å². The third-order valence-corrected chi connectivity index (χ3v) is 6.07. The highest BCUT2D eigenvalue weighted by molar-refractivity contribution is 7.86. The van der Waals surface area contributed by atoms with Crippen LogP contribution in [0.2, 0.25) is 0 Å². The van der Waals surface area contributed by atoms with Crippen LogP contribution in [-0.4, -0.2) is 55.8 Å². The Morgan fingerprint density at radius 1 is 1.28 bits per heavy atom. The van der Waals surface area contributed by atoms with Gasteiger partial charge in [0.15, 0.2) is 0 Å². The Kier molecular flexibility index (Phi) is 4.64. The summed E-state index contributed by atoms with van der Waals surface area (Å²) in [5.74, 6) is 0.654. The first-order valence-electron chi connectivity index (χ1n) is 7.03. The van der Waals surface area contributed by atoms with Crippen LogP contribution in [0, 0.1) is 5.92 Å². The second-order valence-corrected chi connectivity index (χ2v) is 7.39.